The highest BCUT2D eigenvalue weighted by atomic mass is 15.3. The standard InChI is InChI=1S/C15H14N4/c1-11-7-13(8-16)14-9-17-19(15(14)18-11)10-12-5-3-2-4-6-12/h2-9,16H,10H2,1H3. The van der Waals surface area contributed by atoms with Crippen molar-refractivity contribution in [2.24, 2.45) is 0 Å². The zero-order chi connectivity index (χ0) is 13.2. The number of aryl methyl sites for hydroxylation is 1. The Kier molecular flexibility index (Phi) is 2.83. The molecule has 1 N–H and O–H groups in total. The van der Waals surface area contributed by atoms with Gasteiger partial charge in [0.15, 0.2) is 5.65 Å². The van der Waals surface area contributed by atoms with Crippen molar-refractivity contribution in [2.45, 2.75) is 13.5 Å². The molecule has 2 aromatic heterocycles. The fourth-order valence-electron chi connectivity index (χ4n) is 2.19. The number of hydrogen-bond acceptors (Lipinski definition) is 3. The van der Waals surface area contributed by atoms with Crippen LogP contribution in [-0.4, -0.2) is 21.0 Å². The van der Waals surface area contributed by atoms with Crippen LogP contribution in [0, 0.1) is 12.3 Å². The van der Waals surface area contributed by atoms with Gasteiger partial charge < -0.3 is 5.41 Å². The molecule has 0 saturated heterocycles. The zero-order valence-electron chi connectivity index (χ0n) is 10.7. The Morgan fingerprint density at radius 1 is 1.26 bits per heavy atom. The average molecular weight is 250 g/mol. The van der Waals surface area contributed by atoms with Crippen molar-refractivity contribution in [2.75, 3.05) is 0 Å². The summed E-state index contributed by atoms with van der Waals surface area (Å²) in [6.45, 7) is 2.63. The molecule has 1 aromatic carbocycles. The molecule has 19 heavy (non-hydrogen) atoms. The van der Waals surface area contributed by atoms with Crippen LogP contribution in [-0.2, 0) is 6.54 Å². The molecule has 0 fully saturated rings. The van der Waals surface area contributed by atoms with E-state index in [2.05, 4.69) is 22.2 Å². The van der Waals surface area contributed by atoms with Gasteiger partial charge in [-0.3, -0.25) is 0 Å². The highest BCUT2D eigenvalue weighted by Crippen LogP contribution is 2.17. The molecule has 0 atom stereocenters. The van der Waals surface area contributed by atoms with Crippen molar-refractivity contribution in [3.05, 3.63) is 59.4 Å². The predicted molar refractivity (Wildman–Crippen MR) is 75.7 cm³/mol. The summed E-state index contributed by atoms with van der Waals surface area (Å²) in [6.07, 6.45) is 3.14. The van der Waals surface area contributed by atoms with Crippen molar-refractivity contribution >= 4 is 17.2 Å². The van der Waals surface area contributed by atoms with Gasteiger partial charge in [-0.25, -0.2) is 9.67 Å². The Morgan fingerprint density at radius 2 is 2.05 bits per heavy atom. The van der Waals surface area contributed by atoms with Crippen LogP contribution in [0.25, 0.3) is 11.0 Å². The topological polar surface area (TPSA) is 54.6 Å². The molecule has 0 unspecified atom stereocenters. The van der Waals surface area contributed by atoms with Crippen LogP contribution in [0.4, 0.5) is 0 Å². The summed E-state index contributed by atoms with van der Waals surface area (Å²) in [6, 6.07) is 12.1. The third-order valence-corrected chi connectivity index (χ3v) is 3.10. The molecule has 0 aliphatic heterocycles. The maximum absolute atomic E-state index is 7.46. The predicted octanol–water partition coefficient (Wildman–Crippen LogP) is 2.79. The van der Waals surface area contributed by atoms with Crippen LogP contribution in [0.1, 0.15) is 16.8 Å². The second-order valence-corrected chi connectivity index (χ2v) is 4.52. The molecular weight excluding hydrogens is 236 g/mol. The largest absolute Gasteiger partial charge is 0.308 e. The number of fused-ring (bicyclic) bond motifs is 1. The summed E-state index contributed by atoms with van der Waals surface area (Å²) in [5, 5.41) is 12.8. The SMILES string of the molecule is Cc1cc(C=N)c2cnn(Cc3ccccc3)c2n1. The zero-order valence-corrected chi connectivity index (χ0v) is 10.7. The summed E-state index contributed by atoms with van der Waals surface area (Å²) >= 11 is 0. The Bertz CT molecular complexity index is 728. The van der Waals surface area contributed by atoms with Gasteiger partial charge in [0.2, 0.25) is 0 Å². The minimum absolute atomic E-state index is 0.693. The van der Waals surface area contributed by atoms with Gasteiger partial charge >= 0.3 is 0 Å². The molecule has 0 saturated carbocycles. The van der Waals surface area contributed by atoms with E-state index in [0.717, 1.165) is 22.3 Å². The third-order valence-electron chi connectivity index (χ3n) is 3.10. The molecule has 4 heteroatoms. The van der Waals surface area contributed by atoms with Crippen molar-refractivity contribution in [1.29, 1.82) is 5.41 Å². The van der Waals surface area contributed by atoms with Gasteiger partial charge in [-0.15, -0.1) is 0 Å². The Balaban J connectivity index is 2.10. The van der Waals surface area contributed by atoms with Gasteiger partial charge in [0, 0.05) is 22.9 Å². The highest BCUT2D eigenvalue weighted by Gasteiger charge is 2.08. The van der Waals surface area contributed by atoms with Gasteiger partial charge in [0.05, 0.1) is 12.7 Å². The quantitative estimate of drug-likeness (QED) is 0.727. The van der Waals surface area contributed by atoms with E-state index in [1.165, 1.54) is 11.8 Å². The number of nitrogens with one attached hydrogen (secondary N) is 1. The molecule has 0 aliphatic rings. The Labute approximate surface area is 111 Å². The van der Waals surface area contributed by atoms with Gasteiger partial charge in [-0.1, -0.05) is 30.3 Å². The second kappa shape index (κ2) is 4.65. The normalized spacial score (nSPS) is 10.8. The molecule has 0 amide bonds. The summed E-state index contributed by atoms with van der Waals surface area (Å²) in [4.78, 5) is 4.54. The van der Waals surface area contributed by atoms with Crippen molar-refractivity contribution in [3.63, 3.8) is 0 Å². The number of benzene rings is 1. The maximum Gasteiger partial charge on any atom is 0.158 e. The lowest BCUT2D eigenvalue weighted by atomic mass is 10.2. The number of hydrogen-bond donors (Lipinski definition) is 1. The van der Waals surface area contributed by atoms with E-state index >= 15 is 0 Å². The number of nitrogens with zero attached hydrogens (tertiary/aromatic N) is 3. The fraction of sp³-hybridized carbons (Fsp3) is 0.133. The van der Waals surface area contributed by atoms with Crippen LogP contribution in [0.3, 0.4) is 0 Å². The van der Waals surface area contributed by atoms with Crippen LogP contribution in [0.5, 0.6) is 0 Å². The van der Waals surface area contributed by atoms with Crippen LogP contribution < -0.4 is 0 Å². The number of rotatable bonds is 3. The first kappa shape index (κ1) is 11.6. The van der Waals surface area contributed by atoms with E-state index in [1.54, 1.807) is 6.20 Å². The number of aromatic nitrogens is 3. The molecule has 94 valence electrons. The van der Waals surface area contributed by atoms with Crippen LogP contribution in [0.2, 0.25) is 0 Å². The lowest BCUT2D eigenvalue weighted by Crippen LogP contribution is -2.03. The van der Waals surface area contributed by atoms with Gasteiger partial charge in [0.1, 0.15) is 0 Å². The van der Waals surface area contributed by atoms with Crippen molar-refractivity contribution in [1.82, 2.24) is 14.8 Å². The molecule has 3 aromatic rings. The van der Waals surface area contributed by atoms with Gasteiger partial charge in [-0.05, 0) is 18.6 Å². The smallest absolute Gasteiger partial charge is 0.158 e. The summed E-state index contributed by atoms with van der Waals surface area (Å²) in [7, 11) is 0. The molecule has 4 nitrogen and oxygen atoms in total. The van der Waals surface area contributed by atoms with E-state index in [-0.39, 0.29) is 0 Å². The second-order valence-electron chi connectivity index (χ2n) is 4.52. The minimum atomic E-state index is 0.693. The Morgan fingerprint density at radius 3 is 2.79 bits per heavy atom. The first-order valence-corrected chi connectivity index (χ1v) is 6.15. The number of pyridine rings is 1. The van der Waals surface area contributed by atoms with Crippen molar-refractivity contribution < 1.29 is 0 Å². The van der Waals surface area contributed by atoms with E-state index in [4.69, 9.17) is 5.41 Å². The van der Waals surface area contributed by atoms with E-state index in [0.29, 0.717) is 6.54 Å². The van der Waals surface area contributed by atoms with E-state index < -0.39 is 0 Å². The van der Waals surface area contributed by atoms with Crippen LogP contribution >= 0.6 is 0 Å². The molecule has 0 radical (unpaired) electrons. The minimum Gasteiger partial charge on any atom is -0.308 e. The summed E-state index contributed by atoms with van der Waals surface area (Å²) in [5.41, 5.74) is 3.79. The summed E-state index contributed by atoms with van der Waals surface area (Å²) in [5.74, 6) is 0. The molecular formula is C15H14N4. The molecule has 0 spiro atoms. The molecule has 0 aliphatic carbocycles. The van der Waals surface area contributed by atoms with E-state index in [1.807, 2.05) is 35.9 Å². The van der Waals surface area contributed by atoms with E-state index in [9.17, 15) is 0 Å². The maximum atomic E-state index is 7.46. The van der Waals surface area contributed by atoms with Gasteiger partial charge in [0.25, 0.3) is 0 Å². The third kappa shape index (κ3) is 2.12. The average Bonchev–Trinajstić information content (AvgIpc) is 2.82. The van der Waals surface area contributed by atoms with Crippen molar-refractivity contribution in [3.8, 4) is 0 Å². The Hall–Kier alpha value is -2.49. The first-order valence-electron chi connectivity index (χ1n) is 6.15. The summed E-state index contributed by atoms with van der Waals surface area (Å²) < 4.78 is 1.88. The van der Waals surface area contributed by atoms with Gasteiger partial charge in [-0.2, -0.15) is 5.10 Å². The fourth-order valence-corrected chi connectivity index (χ4v) is 2.19. The molecule has 2 heterocycles. The lowest BCUT2D eigenvalue weighted by Gasteiger charge is -2.04. The monoisotopic (exact) mass is 250 g/mol. The first-order chi connectivity index (χ1) is 9.28. The van der Waals surface area contributed by atoms with Crippen LogP contribution in [0.15, 0.2) is 42.6 Å². The molecule has 3 rings (SSSR count). The lowest BCUT2D eigenvalue weighted by molar-refractivity contribution is 0.703. The molecule has 0 bridgehead atoms. The highest BCUT2D eigenvalue weighted by molar-refractivity contribution is 5.95.